The van der Waals surface area contributed by atoms with Crippen LogP contribution in [0, 0.1) is 0 Å². The lowest BCUT2D eigenvalue weighted by atomic mass is 9.96. The van der Waals surface area contributed by atoms with Crippen molar-refractivity contribution >= 4 is 6.03 Å². The SMILES string of the molecule is O=C(NC1CCCCC1)N1CCN(C[C@H](O)CC(F)(F)F)CC1. The number of hydrogen-bond donors (Lipinski definition) is 2. The van der Waals surface area contributed by atoms with E-state index in [2.05, 4.69) is 5.32 Å². The van der Waals surface area contributed by atoms with Crippen LogP contribution < -0.4 is 5.32 Å². The van der Waals surface area contributed by atoms with Crippen molar-refractivity contribution in [3.8, 4) is 0 Å². The van der Waals surface area contributed by atoms with Crippen molar-refractivity contribution in [2.45, 2.75) is 56.8 Å². The Morgan fingerprint density at radius 3 is 2.30 bits per heavy atom. The quantitative estimate of drug-likeness (QED) is 0.825. The summed E-state index contributed by atoms with van der Waals surface area (Å²) in [6, 6.07) is 0.176. The van der Waals surface area contributed by atoms with Crippen LogP contribution >= 0.6 is 0 Å². The lowest BCUT2D eigenvalue weighted by Gasteiger charge is -2.36. The molecular weight excluding hydrogens is 311 g/mol. The molecule has 0 radical (unpaired) electrons. The number of urea groups is 1. The van der Waals surface area contributed by atoms with Crippen molar-refractivity contribution in [1.29, 1.82) is 0 Å². The molecule has 2 aliphatic rings. The van der Waals surface area contributed by atoms with Crippen molar-refractivity contribution in [2.75, 3.05) is 32.7 Å². The molecule has 23 heavy (non-hydrogen) atoms. The highest BCUT2D eigenvalue weighted by molar-refractivity contribution is 5.74. The van der Waals surface area contributed by atoms with E-state index in [4.69, 9.17) is 0 Å². The third-order valence-corrected chi connectivity index (χ3v) is 4.53. The van der Waals surface area contributed by atoms with Gasteiger partial charge in [0.05, 0.1) is 12.5 Å². The van der Waals surface area contributed by atoms with Crippen LogP contribution in [-0.2, 0) is 0 Å². The molecule has 1 aliphatic heterocycles. The number of carbonyl (C=O) groups excluding carboxylic acids is 1. The molecular formula is C15H26F3N3O2. The highest BCUT2D eigenvalue weighted by atomic mass is 19.4. The Morgan fingerprint density at radius 2 is 1.74 bits per heavy atom. The predicted octanol–water partition coefficient (Wildman–Crippen LogP) is 1.96. The minimum Gasteiger partial charge on any atom is -0.391 e. The molecule has 2 fully saturated rings. The summed E-state index contributed by atoms with van der Waals surface area (Å²) < 4.78 is 36.6. The third-order valence-electron chi connectivity index (χ3n) is 4.53. The number of hydrogen-bond acceptors (Lipinski definition) is 3. The molecule has 1 saturated carbocycles. The number of halogens is 3. The molecule has 0 spiro atoms. The third kappa shape index (κ3) is 6.55. The van der Waals surface area contributed by atoms with Gasteiger partial charge in [0.25, 0.3) is 0 Å². The number of β-amino-alcohol motifs (C(OH)–C–C–N with tert-alkyl or cyclic N) is 1. The smallest absolute Gasteiger partial charge is 0.391 e. The summed E-state index contributed by atoms with van der Waals surface area (Å²) >= 11 is 0. The summed E-state index contributed by atoms with van der Waals surface area (Å²) in [5.41, 5.74) is 0. The van der Waals surface area contributed by atoms with Gasteiger partial charge in [-0.15, -0.1) is 0 Å². The molecule has 8 heteroatoms. The molecule has 5 nitrogen and oxygen atoms in total. The topological polar surface area (TPSA) is 55.8 Å². The Labute approximate surface area is 134 Å². The van der Waals surface area contributed by atoms with Gasteiger partial charge >= 0.3 is 12.2 Å². The molecule has 2 amide bonds. The van der Waals surface area contributed by atoms with Crippen molar-refractivity contribution in [3.05, 3.63) is 0 Å². The molecule has 0 unspecified atom stereocenters. The Morgan fingerprint density at radius 1 is 1.13 bits per heavy atom. The van der Waals surface area contributed by atoms with E-state index >= 15 is 0 Å². The van der Waals surface area contributed by atoms with Crippen LogP contribution in [0.4, 0.5) is 18.0 Å². The lowest BCUT2D eigenvalue weighted by molar-refractivity contribution is -0.155. The standard InChI is InChI=1S/C15H26F3N3O2/c16-15(17,18)10-13(22)11-20-6-8-21(9-7-20)14(23)19-12-4-2-1-3-5-12/h12-13,22H,1-11H2,(H,19,23)/t13-/m1/s1. The van der Waals surface area contributed by atoms with Gasteiger partial charge in [0.2, 0.25) is 0 Å². The first-order valence-electron chi connectivity index (χ1n) is 8.36. The van der Waals surface area contributed by atoms with Gasteiger partial charge in [0.1, 0.15) is 0 Å². The second-order valence-electron chi connectivity index (χ2n) is 6.55. The van der Waals surface area contributed by atoms with Crippen molar-refractivity contribution in [2.24, 2.45) is 0 Å². The summed E-state index contributed by atoms with van der Waals surface area (Å²) in [6.07, 6.45) is -1.37. The average Bonchev–Trinajstić information content (AvgIpc) is 2.47. The number of aliphatic hydroxyl groups is 1. The van der Waals surface area contributed by atoms with Gasteiger partial charge < -0.3 is 15.3 Å². The van der Waals surface area contributed by atoms with Gasteiger partial charge in [-0.1, -0.05) is 19.3 Å². The fourth-order valence-electron chi connectivity index (χ4n) is 3.28. The summed E-state index contributed by atoms with van der Waals surface area (Å²) in [7, 11) is 0. The fraction of sp³-hybridized carbons (Fsp3) is 0.933. The van der Waals surface area contributed by atoms with Crippen LogP contribution in [0.1, 0.15) is 38.5 Å². The maximum atomic E-state index is 12.2. The number of piperazine rings is 1. The molecule has 0 aromatic carbocycles. The van der Waals surface area contributed by atoms with E-state index in [1.807, 2.05) is 0 Å². The van der Waals surface area contributed by atoms with Gasteiger partial charge in [-0.25, -0.2) is 4.79 Å². The predicted molar refractivity (Wildman–Crippen MR) is 80.1 cm³/mol. The van der Waals surface area contributed by atoms with Crippen molar-refractivity contribution in [3.63, 3.8) is 0 Å². The molecule has 0 bridgehead atoms. The highest BCUT2D eigenvalue weighted by Gasteiger charge is 2.32. The molecule has 1 heterocycles. The lowest BCUT2D eigenvalue weighted by Crippen LogP contribution is -2.54. The van der Waals surface area contributed by atoms with E-state index in [0.29, 0.717) is 26.2 Å². The molecule has 0 aromatic heterocycles. The molecule has 1 saturated heterocycles. The van der Waals surface area contributed by atoms with Gasteiger partial charge in [0.15, 0.2) is 0 Å². The van der Waals surface area contributed by atoms with E-state index in [0.717, 1.165) is 25.7 Å². The molecule has 2 N–H and O–H groups in total. The molecule has 0 aromatic rings. The monoisotopic (exact) mass is 337 g/mol. The first kappa shape index (κ1) is 18.3. The zero-order valence-electron chi connectivity index (χ0n) is 13.3. The van der Waals surface area contributed by atoms with Crippen molar-refractivity contribution < 1.29 is 23.1 Å². The van der Waals surface area contributed by atoms with Gasteiger partial charge in [0, 0.05) is 38.8 Å². The van der Waals surface area contributed by atoms with Crippen LogP contribution in [0.5, 0.6) is 0 Å². The Balaban J connectivity index is 1.67. The maximum Gasteiger partial charge on any atom is 0.391 e. The fourth-order valence-corrected chi connectivity index (χ4v) is 3.28. The summed E-state index contributed by atoms with van der Waals surface area (Å²) in [5, 5.41) is 12.5. The minimum atomic E-state index is -4.35. The van der Waals surface area contributed by atoms with E-state index in [9.17, 15) is 23.1 Å². The minimum absolute atomic E-state index is 0.00239. The van der Waals surface area contributed by atoms with E-state index in [1.54, 1.807) is 9.80 Å². The number of rotatable bonds is 4. The number of carbonyl (C=O) groups is 1. The average molecular weight is 337 g/mol. The Kier molecular flexibility index (Phi) is 6.52. The molecule has 1 aliphatic carbocycles. The molecule has 134 valence electrons. The maximum absolute atomic E-state index is 12.2. The molecule has 1 atom stereocenters. The second-order valence-corrected chi connectivity index (χ2v) is 6.55. The number of aliphatic hydroxyl groups excluding tert-OH is 1. The number of nitrogens with zero attached hydrogens (tertiary/aromatic N) is 2. The van der Waals surface area contributed by atoms with Crippen LogP contribution in [0.3, 0.4) is 0 Å². The molecule has 2 rings (SSSR count). The summed E-state index contributed by atoms with van der Waals surface area (Å²) in [6.45, 7) is 1.95. The zero-order valence-corrected chi connectivity index (χ0v) is 13.3. The number of alkyl halides is 3. The summed E-state index contributed by atoms with van der Waals surface area (Å²) in [4.78, 5) is 15.7. The van der Waals surface area contributed by atoms with Crippen molar-refractivity contribution in [1.82, 2.24) is 15.1 Å². The van der Waals surface area contributed by atoms with E-state index in [-0.39, 0.29) is 18.6 Å². The normalized spacial score (nSPS) is 22.9. The number of nitrogens with one attached hydrogen (secondary N) is 1. The first-order valence-corrected chi connectivity index (χ1v) is 8.36. The van der Waals surface area contributed by atoms with E-state index in [1.165, 1.54) is 6.42 Å². The second kappa shape index (κ2) is 8.19. The van der Waals surface area contributed by atoms with Crippen LogP contribution in [0.25, 0.3) is 0 Å². The Bertz CT molecular complexity index is 379. The summed E-state index contributed by atoms with van der Waals surface area (Å²) in [5.74, 6) is 0. The van der Waals surface area contributed by atoms with Crippen LogP contribution in [0.15, 0.2) is 0 Å². The van der Waals surface area contributed by atoms with Crippen LogP contribution in [0.2, 0.25) is 0 Å². The van der Waals surface area contributed by atoms with Gasteiger partial charge in [-0.2, -0.15) is 13.2 Å². The first-order chi connectivity index (χ1) is 10.8. The van der Waals surface area contributed by atoms with Crippen LogP contribution in [-0.4, -0.2) is 72.0 Å². The van der Waals surface area contributed by atoms with Gasteiger partial charge in [-0.05, 0) is 12.8 Å². The number of amides is 2. The largest absolute Gasteiger partial charge is 0.391 e. The van der Waals surface area contributed by atoms with E-state index < -0.39 is 18.7 Å². The van der Waals surface area contributed by atoms with Gasteiger partial charge in [-0.3, -0.25) is 4.90 Å². The highest BCUT2D eigenvalue weighted by Crippen LogP contribution is 2.22. The Hall–Kier alpha value is -1.02. The zero-order chi connectivity index (χ0) is 16.9.